The van der Waals surface area contributed by atoms with Crippen LogP contribution >= 0.6 is 0 Å². The van der Waals surface area contributed by atoms with Crippen LogP contribution in [0.4, 0.5) is 0 Å². The number of carbonyl (C=O) groups is 3. The summed E-state index contributed by atoms with van der Waals surface area (Å²) in [5, 5.41) is 9.73. The highest BCUT2D eigenvalue weighted by Gasteiger charge is 2.25. The van der Waals surface area contributed by atoms with Crippen LogP contribution in [-0.4, -0.2) is 87.4 Å². The zero-order chi connectivity index (χ0) is 60.5. The van der Waals surface area contributed by atoms with Crippen LogP contribution in [0.2, 0.25) is 0 Å². The largest absolute Gasteiger partial charge is 0.477 e. The van der Waals surface area contributed by atoms with Crippen LogP contribution in [0.15, 0.2) is 12.2 Å². The summed E-state index contributed by atoms with van der Waals surface area (Å²) >= 11 is 0. The first-order valence-corrected chi connectivity index (χ1v) is 36.9. The fourth-order valence-corrected chi connectivity index (χ4v) is 11.4. The number of rotatable bonds is 70. The fourth-order valence-electron chi connectivity index (χ4n) is 11.4. The molecule has 83 heavy (non-hydrogen) atoms. The van der Waals surface area contributed by atoms with E-state index in [9.17, 15) is 19.5 Å². The first-order valence-electron chi connectivity index (χ1n) is 36.9. The number of quaternary nitrogens is 1. The lowest BCUT2D eigenvalue weighted by Crippen LogP contribution is -2.40. The summed E-state index contributed by atoms with van der Waals surface area (Å²) in [6, 6.07) is 0. The number of ether oxygens (including phenoxy) is 4. The van der Waals surface area contributed by atoms with Gasteiger partial charge in [0.2, 0.25) is 0 Å². The smallest absolute Gasteiger partial charge is 0.361 e. The lowest BCUT2D eigenvalue weighted by atomic mass is 10.0. The molecule has 0 saturated heterocycles. The molecule has 0 rings (SSSR count). The highest BCUT2D eigenvalue weighted by atomic mass is 16.7. The standard InChI is InChI=1S/C74H143NO8/c1-6-8-10-12-14-16-18-20-22-24-26-27-28-29-30-31-32-33-34-35-36-37-38-39-40-41-42-43-44-45-46-47-49-50-52-54-56-58-60-62-64-71(76)81-68-70(69-82-74(73(78)79)80-67-66-75(3,4)5)83-72(77)65-63-61-59-57-55-53-51-48-25-23-21-19-17-15-13-11-9-7-2/h23,25,70,74H,6-22,24,26-69H2,1-5H3/p+1/b25-23-. The summed E-state index contributed by atoms with van der Waals surface area (Å²) in [6.07, 6.45) is 78.0. The van der Waals surface area contributed by atoms with Gasteiger partial charge in [-0.05, 0) is 38.5 Å². The molecule has 9 heteroatoms. The van der Waals surface area contributed by atoms with E-state index < -0.39 is 24.3 Å². The number of carboxylic acids is 1. The van der Waals surface area contributed by atoms with E-state index in [4.69, 9.17) is 18.9 Å². The van der Waals surface area contributed by atoms with Crippen LogP contribution in [0, 0.1) is 0 Å². The van der Waals surface area contributed by atoms with Gasteiger partial charge in [0.05, 0.1) is 34.4 Å². The minimum Gasteiger partial charge on any atom is -0.477 e. The van der Waals surface area contributed by atoms with E-state index in [2.05, 4.69) is 26.0 Å². The maximum absolute atomic E-state index is 12.9. The highest BCUT2D eigenvalue weighted by Crippen LogP contribution is 2.20. The molecule has 0 aromatic heterocycles. The Hall–Kier alpha value is -1.97. The van der Waals surface area contributed by atoms with Crippen molar-refractivity contribution >= 4 is 17.9 Å². The van der Waals surface area contributed by atoms with E-state index in [1.807, 2.05) is 21.1 Å². The molecule has 0 aliphatic rings. The summed E-state index contributed by atoms with van der Waals surface area (Å²) in [5.74, 6) is -1.98. The minimum absolute atomic E-state index is 0.177. The molecule has 0 heterocycles. The predicted molar refractivity (Wildman–Crippen MR) is 355 cm³/mol. The highest BCUT2D eigenvalue weighted by molar-refractivity contribution is 5.71. The molecule has 0 fully saturated rings. The summed E-state index contributed by atoms with van der Waals surface area (Å²) in [7, 11) is 5.99. The molecule has 0 radical (unpaired) electrons. The van der Waals surface area contributed by atoms with E-state index >= 15 is 0 Å². The van der Waals surface area contributed by atoms with Gasteiger partial charge in [0.1, 0.15) is 13.2 Å². The Morgan fingerprint density at radius 2 is 0.614 bits per heavy atom. The Labute approximate surface area is 516 Å². The van der Waals surface area contributed by atoms with Crippen molar-refractivity contribution in [2.24, 2.45) is 0 Å². The molecule has 0 saturated carbocycles. The van der Waals surface area contributed by atoms with E-state index in [0.717, 1.165) is 51.4 Å². The number of esters is 2. The number of hydrogen-bond acceptors (Lipinski definition) is 7. The van der Waals surface area contributed by atoms with Gasteiger partial charge < -0.3 is 28.5 Å². The third kappa shape index (κ3) is 67.4. The Balaban J connectivity index is 3.89. The van der Waals surface area contributed by atoms with Crippen LogP contribution < -0.4 is 0 Å². The molecule has 0 aliphatic carbocycles. The van der Waals surface area contributed by atoms with Gasteiger partial charge in [0, 0.05) is 12.8 Å². The van der Waals surface area contributed by atoms with Gasteiger partial charge in [-0.25, -0.2) is 4.79 Å². The molecule has 2 unspecified atom stereocenters. The number of unbranched alkanes of at least 4 members (excludes halogenated alkanes) is 53. The van der Waals surface area contributed by atoms with Gasteiger partial charge >= 0.3 is 17.9 Å². The van der Waals surface area contributed by atoms with E-state index in [1.165, 1.54) is 308 Å². The third-order valence-corrected chi connectivity index (χ3v) is 17.0. The van der Waals surface area contributed by atoms with E-state index in [-0.39, 0.29) is 32.2 Å². The van der Waals surface area contributed by atoms with Crippen molar-refractivity contribution in [3.8, 4) is 0 Å². The molecule has 9 nitrogen and oxygen atoms in total. The SMILES string of the molecule is CCCCCCCCC/C=C\CCCCCCCCCC(=O)OC(COC(=O)CCCCCCCCCCCCCCCCCCCCCCCCCCCCCCCCCCCCCCCCCC)COC(OCC[N+](C)(C)C)C(=O)O. The molecule has 492 valence electrons. The zero-order valence-corrected chi connectivity index (χ0v) is 56.4. The van der Waals surface area contributed by atoms with Crippen molar-refractivity contribution in [2.45, 2.75) is 399 Å². The minimum atomic E-state index is -1.51. The van der Waals surface area contributed by atoms with Crippen molar-refractivity contribution in [1.29, 1.82) is 0 Å². The molecule has 0 aliphatic heterocycles. The number of carbonyl (C=O) groups excluding carboxylic acids is 2. The Morgan fingerprint density at radius 3 is 0.892 bits per heavy atom. The zero-order valence-electron chi connectivity index (χ0n) is 56.4. The first kappa shape index (κ1) is 81.0. The number of allylic oxidation sites excluding steroid dienone is 2. The molecule has 2 atom stereocenters. The molecule has 0 aromatic carbocycles. The molecule has 0 aromatic rings. The van der Waals surface area contributed by atoms with Crippen LogP contribution in [0.1, 0.15) is 386 Å². The van der Waals surface area contributed by atoms with Crippen molar-refractivity contribution < 1.29 is 42.9 Å². The molecule has 0 amide bonds. The summed E-state index contributed by atoms with van der Waals surface area (Å²) in [6.45, 7) is 4.94. The number of nitrogens with zero attached hydrogens (tertiary/aromatic N) is 1. The third-order valence-electron chi connectivity index (χ3n) is 17.0. The summed E-state index contributed by atoms with van der Waals surface area (Å²) in [4.78, 5) is 37.6. The number of aliphatic carboxylic acids is 1. The second-order valence-electron chi connectivity index (χ2n) is 26.6. The average molecular weight is 1180 g/mol. The van der Waals surface area contributed by atoms with Crippen LogP contribution in [0.5, 0.6) is 0 Å². The monoisotopic (exact) mass is 1180 g/mol. The normalized spacial score (nSPS) is 12.6. The maximum atomic E-state index is 12.9. The van der Waals surface area contributed by atoms with E-state index in [0.29, 0.717) is 17.4 Å². The van der Waals surface area contributed by atoms with Gasteiger partial charge in [0.25, 0.3) is 6.29 Å². The van der Waals surface area contributed by atoms with Crippen molar-refractivity contribution in [2.75, 3.05) is 47.5 Å². The van der Waals surface area contributed by atoms with Crippen molar-refractivity contribution in [3.63, 3.8) is 0 Å². The molecule has 0 spiro atoms. The number of hydrogen-bond donors (Lipinski definition) is 1. The maximum Gasteiger partial charge on any atom is 0.361 e. The van der Waals surface area contributed by atoms with Gasteiger partial charge in [0.15, 0.2) is 6.10 Å². The second-order valence-corrected chi connectivity index (χ2v) is 26.6. The Bertz CT molecular complexity index is 1370. The first-order chi connectivity index (χ1) is 40.6. The summed E-state index contributed by atoms with van der Waals surface area (Å²) in [5.41, 5.74) is 0. The van der Waals surface area contributed by atoms with Crippen LogP contribution in [0.25, 0.3) is 0 Å². The van der Waals surface area contributed by atoms with Gasteiger partial charge in [-0.2, -0.15) is 0 Å². The molecule has 0 bridgehead atoms. The quantitative estimate of drug-likeness (QED) is 0.0211. The Morgan fingerprint density at radius 1 is 0.349 bits per heavy atom. The molecular formula is C74H144NO8+. The van der Waals surface area contributed by atoms with Crippen LogP contribution in [0.3, 0.4) is 0 Å². The average Bonchev–Trinajstić information content (AvgIpc) is 3.46. The Kier molecular flexibility index (Phi) is 64.4. The number of likely N-dealkylation sites (N-methyl/N-ethyl adjacent to an activating group) is 1. The lowest BCUT2D eigenvalue weighted by Gasteiger charge is -2.25. The lowest BCUT2D eigenvalue weighted by molar-refractivity contribution is -0.870. The molecule has 1 N–H and O–H groups in total. The van der Waals surface area contributed by atoms with E-state index in [1.54, 1.807) is 0 Å². The second kappa shape index (κ2) is 66.0. The molecular weight excluding hydrogens is 1030 g/mol. The summed E-state index contributed by atoms with van der Waals surface area (Å²) < 4.78 is 23.0. The topological polar surface area (TPSA) is 108 Å². The van der Waals surface area contributed by atoms with Crippen molar-refractivity contribution in [1.82, 2.24) is 0 Å². The van der Waals surface area contributed by atoms with Gasteiger partial charge in [-0.1, -0.05) is 347 Å². The predicted octanol–water partition coefficient (Wildman–Crippen LogP) is 22.8. The fraction of sp³-hybridized carbons (Fsp3) is 0.932. The van der Waals surface area contributed by atoms with Crippen molar-refractivity contribution in [3.05, 3.63) is 12.2 Å². The number of carboxylic acid groups (broad SMARTS) is 1. The van der Waals surface area contributed by atoms with Gasteiger partial charge in [-0.3, -0.25) is 9.59 Å². The van der Waals surface area contributed by atoms with Gasteiger partial charge in [-0.15, -0.1) is 0 Å². The van der Waals surface area contributed by atoms with Crippen LogP contribution in [-0.2, 0) is 33.3 Å².